The number of nitrogens with two attached hydrogens (primary N) is 1. The number of piperazine rings is 1. The fraction of sp³-hybridized carbons (Fsp3) is 0.545. The number of hydrogen-bond donors (Lipinski definition) is 1. The average Bonchev–Trinajstić information content (AvgIpc) is 2.79. The molecule has 9 nitrogen and oxygen atoms in total. The summed E-state index contributed by atoms with van der Waals surface area (Å²) in [5, 5.41) is 11.0. The van der Waals surface area contributed by atoms with E-state index in [0.717, 1.165) is 12.6 Å². The number of fused-ring (bicyclic) bond motifs is 1. The largest absolute Gasteiger partial charge is 0.368 e. The Kier molecular flexibility index (Phi) is 2.88. The standard InChI is InChI=1S/C11H14N6O3/c12-11-13-5-8(17(19)20)10(14-11)15-3-4-16-7(6-15)1-2-9(16)18/h5,7H,1-4,6H2,(H2,12,13,14). The van der Waals surface area contributed by atoms with Crippen LogP contribution in [0, 0.1) is 10.1 Å². The molecule has 20 heavy (non-hydrogen) atoms. The third-order valence-corrected chi connectivity index (χ3v) is 3.76. The van der Waals surface area contributed by atoms with Gasteiger partial charge in [0.05, 0.1) is 4.92 Å². The number of nitrogens with zero attached hydrogens (tertiary/aromatic N) is 5. The van der Waals surface area contributed by atoms with Crippen molar-refractivity contribution in [1.82, 2.24) is 14.9 Å². The summed E-state index contributed by atoms with van der Waals surface area (Å²) in [6.07, 6.45) is 2.46. The molecular weight excluding hydrogens is 264 g/mol. The fourth-order valence-electron chi connectivity index (χ4n) is 2.80. The van der Waals surface area contributed by atoms with Gasteiger partial charge in [-0.25, -0.2) is 4.98 Å². The number of aromatic nitrogens is 2. The maximum absolute atomic E-state index is 11.6. The van der Waals surface area contributed by atoms with E-state index in [9.17, 15) is 14.9 Å². The van der Waals surface area contributed by atoms with Crippen molar-refractivity contribution in [3.05, 3.63) is 16.3 Å². The lowest BCUT2D eigenvalue weighted by molar-refractivity contribution is -0.384. The number of anilines is 2. The zero-order chi connectivity index (χ0) is 14.3. The van der Waals surface area contributed by atoms with Gasteiger partial charge < -0.3 is 15.5 Å². The van der Waals surface area contributed by atoms with E-state index < -0.39 is 4.92 Å². The van der Waals surface area contributed by atoms with Crippen LogP contribution in [0.2, 0.25) is 0 Å². The number of rotatable bonds is 2. The molecule has 2 aliphatic rings. The molecule has 0 saturated carbocycles. The van der Waals surface area contributed by atoms with Gasteiger partial charge in [0, 0.05) is 32.1 Å². The van der Waals surface area contributed by atoms with Crippen LogP contribution in [-0.4, -0.2) is 51.4 Å². The minimum atomic E-state index is -0.513. The predicted octanol–water partition coefficient (Wildman–Crippen LogP) is -0.222. The first-order chi connectivity index (χ1) is 9.56. The Hall–Kier alpha value is -2.45. The zero-order valence-electron chi connectivity index (χ0n) is 10.7. The molecular formula is C11H14N6O3. The summed E-state index contributed by atoms with van der Waals surface area (Å²) in [4.78, 5) is 33.5. The summed E-state index contributed by atoms with van der Waals surface area (Å²) < 4.78 is 0. The van der Waals surface area contributed by atoms with Crippen LogP contribution in [0.25, 0.3) is 0 Å². The van der Waals surface area contributed by atoms with E-state index in [-0.39, 0.29) is 29.4 Å². The second kappa shape index (κ2) is 4.58. The highest BCUT2D eigenvalue weighted by Gasteiger charge is 2.37. The second-order valence-electron chi connectivity index (χ2n) is 4.92. The van der Waals surface area contributed by atoms with E-state index in [2.05, 4.69) is 9.97 Å². The van der Waals surface area contributed by atoms with E-state index in [1.807, 2.05) is 9.80 Å². The molecule has 2 N–H and O–H groups in total. The van der Waals surface area contributed by atoms with Crippen molar-refractivity contribution in [3.63, 3.8) is 0 Å². The van der Waals surface area contributed by atoms with Crippen LogP contribution in [0.3, 0.4) is 0 Å². The third kappa shape index (κ3) is 2.00. The van der Waals surface area contributed by atoms with Gasteiger partial charge in [0.15, 0.2) is 0 Å². The molecule has 1 aromatic heterocycles. The quantitative estimate of drug-likeness (QED) is 0.586. The maximum atomic E-state index is 11.6. The molecule has 2 fully saturated rings. The summed E-state index contributed by atoms with van der Waals surface area (Å²) in [7, 11) is 0. The van der Waals surface area contributed by atoms with Gasteiger partial charge in [0.25, 0.3) is 0 Å². The minimum absolute atomic E-state index is 0.00975. The number of hydrogen-bond acceptors (Lipinski definition) is 7. The number of carbonyl (C=O) groups excluding carboxylic acids is 1. The second-order valence-corrected chi connectivity index (χ2v) is 4.92. The van der Waals surface area contributed by atoms with Gasteiger partial charge in [0.1, 0.15) is 6.20 Å². The Morgan fingerprint density at radius 2 is 2.25 bits per heavy atom. The summed E-state index contributed by atoms with van der Waals surface area (Å²) in [6.45, 7) is 1.62. The van der Waals surface area contributed by atoms with E-state index in [4.69, 9.17) is 5.73 Å². The van der Waals surface area contributed by atoms with Gasteiger partial charge in [-0.15, -0.1) is 0 Å². The fourth-order valence-corrected chi connectivity index (χ4v) is 2.80. The number of nitro groups is 1. The molecule has 1 atom stereocenters. The first kappa shape index (κ1) is 12.6. The molecule has 0 radical (unpaired) electrons. The number of amides is 1. The molecule has 1 unspecified atom stereocenters. The molecule has 3 heterocycles. The van der Waals surface area contributed by atoms with Gasteiger partial charge in [0.2, 0.25) is 17.7 Å². The van der Waals surface area contributed by atoms with E-state index >= 15 is 0 Å². The molecule has 0 bridgehead atoms. The Balaban J connectivity index is 1.89. The van der Waals surface area contributed by atoms with Crippen molar-refractivity contribution in [1.29, 1.82) is 0 Å². The molecule has 1 aromatic rings. The number of carbonyl (C=O) groups is 1. The van der Waals surface area contributed by atoms with Crippen molar-refractivity contribution >= 4 is 23.4 Å². The lowest BCUT2D eigenvalue weighted by Gasteiger charge is -2.37. The summed E-state index contributed by atoms with van der Waals surface area (Å²) in [5.41, 5.74) is 5.37. The van der Waals surface area contributed by atoms with Gasteiger partial charge in [-0.1, -0.05) is 0 Å². The van der Waals surface area contributed by atoms with Crippen LogP contribution in [-0.2, 0) is 4.79 Å². The van der Waals surface area contributed by atoms with Crippen LogP contribution in [0.4, 0.5) is 17.5 Å². The molecule has 3 rings (SSSR count). The highest BCUT2D eigenvalue weighted by molar-refractivity contribution is 5.79. The maximum Gasteiger partial charge on any atom is 0.329 e. The van der Waals surface area contributed by atoms with Gasteiger partial charge in [-0.05, 0) is 6.42 Å². The lowest BCUT2D eigenvalue weighted by atomic mass is 10.1. The highest BCUT2D eigenvalue weighted by Crippen LogP contribution is 2.30. The monoisotopic (exact) mass is 278 g/mol. The third-order valence-electron chi connectivity index (χ3n) is 3.76. The van der Waals surface area contributed by atoms with Gasteiger partial charge in [-0.3, -0.25) is 14.9 Å². The molecule has 2 saturated heterocycles. The van der Waals surface area contributed by atoms with Crippen molar-refractivity contribution in [2.45, 2.75) is 18.9 Å². The Labute approximate surface area is 114 Å². The molecule has 9 heteroatoms. The topological polar surface area (TPSA) is 118 Å². The Morgan fingerprint density at radius 1 is 1.45 bits per heavy atom. The Bertz CT molecular complexity index is 577. The molecule has 0 spiro atoms. The van der Waals surface area contributed by atoms with Crippen molar-refractivity contribution in [2.75, 3.05) is 30.3 Å². The minimum Gasteiger partial charge on any atom is -0.368 e. The SMILES string of the molecule is Nc1ncc([N+](=O)[O-])c(N2CCN3C(=O)CCC3C2)n1. The highest BCUT2D eigenvalue weighted by atomic mass is 16.6. The Morgan fingerprint density at radius 3 is 3.00 bits per heavy atom. The molecule has 0 aromatic carbocycles. The summed E-state index contributed by atoms with van der Waals surface area (Å²) >= 11 is 0. The summed E-state index contributed by atoms with van der Waals surface area (Å²) in [5.74, 6) is 0.406. The lowest BCUT2D eigenvalue weighted by Crippen LogP contribution is -2.51. The van der Waals surface area contributed by atoms with E-state index in [1.165, 1.54) is 0 Å². The van der Waals surface area contributed by atoms with Crippen LogP contribution in [0.15, 0.2) is 6.20 Å². The molecule has 2 aliphatic heterocycles. The van der Waals surface area contributed by atoms with Crippen molar-refractivity contribution < 1.29 is 9.72 Å². The van der Waals surface area contributed by atoms with E-state index in [0.29, 0.717) is 26.1 Å². The van der Waals surface area contributed by atoms with Crippen LogP contribution in [0.1, 0.15) is 12.8 Å². The molecule has 106 valence electrons. The van der Waals surface area contributed by atoms with Crippen molar-refractivity contribution in [3.8, 4) is 0 Å². The first-order valence-corrected chi connectivity index (χ1v) is 6.37. The van der Waals surface area contributed by atoms with Gasteiger partial charge in [-0.2, -0.15) is 4.98 Å². The molecule has 1 amide bonds. The van der Waals surface area contributed by atoms with Crippen LogP contribution < -0.4 is 10.6 Å². The normalized spacial score (nSPS) is 22.0. The average molecular weight is 278 g/mol. The van der Waals surface area contributed by atoms with Crippen LogP contribution in [0.5, 0.6) is 0 Å². The first-order valence-electron chi connectivity index (χ1n) is 6.37. The zero-order valence-corrected chi connectivity index (χ0v) is 10.7. The number of nitrogen functional groups attached to an aromatic ring is 1. The predicted molar refractivity (Wildman–Crippen MR) is 70.0 cm³/mol. The van der Waals surface area contributed by atoms with Gasteiger partial charge >= 0.3 is 5.69 Å². The summed E-state index contributed by atoms with van der Waals surface area (Å²) in [6, 6.07) is 0.104. The smallest absolute Gasteiger partial charge is 0.329 e. The van der Waals surface area contributed by atoms with Crippen LogP contribution >= 0.6 is 0 Å². The molecule has 0 aliphatic carbocycles. The van der Waals surface area contributed by atoms with Crippen molar-refractivity contribution in [2.24, 2.45) is 0 Å². The van der Waals surface area contributed by atoms with E-state index in [1.54, 1.807) is 0 Å².